The van der Waals surface area contributed by atoms with Gasteiger partial charge in [-0.05, 0) is 29.6 Å². The number of halogens is 1. The number of hydrogen-bond acceptors (Lipinski definition) is 6. The van der Waals surface area contributed by atoms with E-state index in [4.69, 9.17) is 16.3 Å². The molecule has 0 spiro atoms. The van der Waals surface area contributed by atoms with Crippen LogP contribution in [-0.4, -0.2) is 56.2 Å². The zero-order valence-corrected chi connectivity index (χ0v) is 18.8. The molecule has 7 nitrogen and oxygen atoms in total. The van der Waals surface area contributed by atoms with Crippen molar-refractivity contribution in [1.82, 2.24) is 9.21 Å². The highest BCUT2D eigenvalue weighted by atomic mass is 35.5. The maximum atomic E-state index is 12.7. The van der Waals surface area contributed by atoms with Crippen LogP contribution in [0.5, 0.6) is 0 Å². The fraction of sp³-hybridized carbons (Fsp3) is 0.368. The molecular formula is C19H23ClN2O5S2. The minimum Gasteiger partial charge on any atom is -0.452 e. The van der Waals surface area contributed by atoms with Crippen molar-refractivity contribution in [2.45, 2.75) is 25.3 Å². The first-order valence-corrected chi connectivity index (χ1v) is 11.6. The first-order chi connectivity index (χ1) is 13.7. The van der Waals surface area contributed by atoms with Gasteiger partial charge in [-0.25, -0.2) is 13.2 Å². The van der Waals surface area contributed by atoms with E-state index in [1.54, 1.807) is 20.9 Å². The maximum absolute atomic E-state index is 12.7. The fourth-order valence-electron chi connectivity index (χ4n) is 2.57. The average Bonchev–Trinajstić information content (AvgIpc) is 3.19. The summed E-state index contributed by atoms with van der Waals surface area (Å²) in [5.41, 5.74) is -0.103. The first kappa shape index (κ1) is 23.3. The van der Waals surface area contributed by atoms with E-state index in [0.29, 0.717) is 19.6 Å². The second-order valence-corrected chi connectivity index (χ2v) is 9.51. The van der Waals surface area contributed by atoms with E-state index < -0.39 is 22.6 Å². The average molecular weight is 459 g/mol. The quantitative estimate of drug-likeness (QED) is 0.538. The van der Waals surface area contributed by atoms with Crippen LogP contribution in [0.3, 0.4) is 0 Å². The summed E-state index contributed by atoms with van der Waals surface area (Å²) >= 11 is 7.58. The molecule has 1 heterocycles. The van der Waals surface area contributed by atoms with Crippen LogP contribution in [0.25, 0.3) is 0 Å². The molecule has 29 heavy (non-hydrogen) atoms. The number of likely N-dealkylation sites (N-methyl/N-ethyl adjacent to an activating group) is 1. The van der Waals surface area contributed by atoms with Gasteiger partial charge in [-0.2, -0.15) is 4.31 Å². The molecular weight excluding hydrogens is 436 g/mol. The van der Waals surface area contributed by atoms with Gasteiger partial charge in [0.25, 0.3) is 5.91 Å². The predicted octanol–water partition coefficient (Wildman–Crippen LogP) is 3.25. The van der Waals surface area contributed by atoms with Crippen LogP contribution in [0.4, 0.5) is 0 Å². The van der Waals surface area contributed by atoms with Crippen molar-refractivity contribution in [1.29, 1.82) is 0 Å². The van der Waals surface area contributed by atoms with E-state index in [1.807, 2.05) is 17.5 Å². The van der Waals surface area contributed by atoms with E-state index in [9.17, 15) is 18.0 Å². The standard InChI is InChI=1S/C19H23ClN2O5S2/c1-4-22(5-2)29(25,26)15-8-9-17(20)16(11-15)19(24)27-13-18(23)21(3)12-14-7-6-10-28-14/h6-11H,4-5,12-13H2,1-3H3. The normalized spacial score (nSPS) is 11.5. The second-order valence-electron chi connectivity index (χ2n) is 6.14. The van der Waals surface area contributed by atoms with E-state index in [0.717, 1.165) is 4.88 Å². The molecule has 0 aliphatic heterocycles. The monoisotopic (exact) mass is 458 g/mol. The van der Waals surface area contributed by atoms with Crippen LogP contribution >= 0.6 is 22.9 Å². The molecule has 1 aromatic carbocycles. The molecule has 2 rings (SSSR count). The number of carbonyl (C=O) groups excluding carboxylic acids is 2. The molecule has 10 heteroatoms. The molecule has 0 atom stereocenters. The number of benzene rings is 1. The number of esters is 1. The minimum absolute atomic E-state index is 0.0490. The third-order valence-electron chi connectivity index (χ3n) is 4.23. The molecule has 0 fully saturated rings. The van der Waals surface area contributed by atoms with Crippen LogP contribution in [0, 0.1) is 0 Å². The van der Waals surface area contributed by atoms with Gasteiger partial charge in [0.05, 0.1) is 22.0 Å². The lowest BCUT2D eigenvalue weighted by molar-refractivity contribution is -0.133. The summed E-state index contributed by atoms with van der Waals surface area (Å²) in [5, 5.41) is 1.96. The lowest BCUT2D eigenvalue weighted by Gasteiger charge is -2.19. The van der Waals surface area contributed by atoms with E-state index in [2.05, 4.69) is 0 Å². The zero-order chi connectivity index (χ0) is 21.6. The summed E-state index contributed by atoms with van der Waals surface area (Å²) in [6, 6.07) is 7.64. The summed E-state index contributed by atoms with van der Waals surface area (Å²) in [5.74, 6) is -1.24. The highest BCUT2D eigenvalue weighted by Crippen LogP contribution is 2.24. The van der Waals surface area contributed by atoms with Crippen molar-refractivity contribution >= 4 is 44.8 Å². The van der Waals surface area contributed by atoms with Crippen molar-refractivity contribution in [2.24, 2.45) is 0 Å². The number of ether oxygens (including phenoxy) is 1. The highest BCUT2D eigenvalue weighted by Gasteiger charge is 2.24. The molecule has 0 saturated heterocycles. The Balaban J connectivity index is 2.09. The summed E-state index contributed by atoms with van der Waals surface area (Å²) in [7, 11) is -2.14. The number of amides is 1. The second kappa shape index (κ2) is 10.2. The molecule has 1 amide bonds. The van der Waals surface area contributed by atoms with Crippen LogP contribution in [0.15, 0.2) is 40.6 Å². The molecule has 2 aromatic rings. The van der Waals surface area contributed by atoms with Crippen molar-refractivity contribution < 1.29 is 22.7 Å². The summed E-state index contributed by atoms with van der Waals surface area (Å²) in [6.45, 7) is 3.99. The van der Waals surface area contributed by atoms with Crippen LogP contribution in [-0.2, 0) is 26.1 Å². The topological polar surface area (TPSA) is 84.0 Å². The molecule has 0 saturated carbocycles. The van der Waals surface area contributed by atoms with Crippen molar-refractivity contribution in [2.75, 3.05) is 26.7 Å². The Morgan fingerprint density at radius 1 is 1.17 bits per heavy atom. The van der Waals surface area contributed by atoms with Gasteiger partial charge in [0.1, 0.15) is 0 Å². The van der Waals surface area contributed by atoms with Gasteiger partial charge in [0, 0.05) is 25.0 Å². The van der Waals surface area contributed by atoms with Crippen LogP contribution in [0.1, 0.15) is 29.1 Å². The summed E-state index contributed by atoms with van der Waals surface area (Å²) < 4.78 is 31.7. The van der Waals surface area contributed by atoms with Crippen LogP contribution < -0.4 is 0 Å². The molecule has 0 unspecified atom stereocenters. The Bertz CT molecular complexity index is 957. The molecule has 0 aliphatic rings. The lowest BCUT2D eigenvalue weighted by atomic mass is 10.2. The van der Waals surface area contributed by atoms with E-state index in [-0.39, 0.29) is 21.4 Å². The van der Waals surface area contributed by atoms with E-state index >= 15 is 0 Å². The van der Waals surface area contributed by atoms with Crippen molar-refractivity contribution in [3.8, 4) is 0 Å². The van der Waals surface area contributed by atoms with Gasteiger partial charge in [-0.15, -0.1) is 11.3 Å². The number of nitrogens with zero attached hydrogens (tertiary/aromatic N) is 2. The Morgan fingerprint density at radius 3 is 2.45 bits per heavy atom. The lowest BCUT2D eigenvalue weighted by Crippen LogP contribution is -2.31. The molecule has 0 radical (unpaired) electrons. The first-order valence-electron chi connectivity index (χ1n) is 8.93. The zero-order valence-electron chi connectivity index (χ0n) is 16.4. The number of sulfonamides is 1. The Morgan fingerprint density at radius 2 is 1.86 bits per heavy atom. The van der Waals surface area contributed by atoms with Gasteiger partial charge in [-0.1, -0.05) is 31.5 Å². The smallest absolute Gasteiger partial charge is 0.340 e. The Labute approximate surface area is 179 Å². The Kier molecular flexibility index (Phi) is 8.21. The van der Waals surface area contributed by atoms with Gasteiger partial charge >= 0.3 is 5.97 Å². The van der Waals surface area contributed by atoms with Gasteiger partial charge in [0.15, 0.2) is 6.61 Å². The van der Waals surface area contributed by atoms with Crippen LogP contribution in [0.2, 0.25) is 5.02 Å². The molecule has 0 N–H and O–H groups in total. The number of hydrogen-bond donors (Lipinski definition) is 0. The molecule has 0 bridgehead atoms. The maximum Gasteiger partial charge on any atom is 0.340 e. The predicted molar refractivity (Wildman–Crippen MR) is 113 cm³/mol. The summed E-state index contributed by atoms with van der Waals surface area (Å²) in [4.78, 5) is 27.0. The van der Waals surface area contributed by atoms with Gasteiger partial charge in [0.2, 0.25) is 10.0 Å². The SMILES string of the molecule is CCN(CC)S(=O)(=O)c1ccc(Cl)c(C(=O)OCC(=O)N(C)Cc2cccs2)c1. The number of thiophene rings is 1. The van der Waals surface area contributed by atoms with Gasteiger partial charge in [-0.3, -0.25) is 4.79 Å². The molecule has 0 aliphatic carbocycles. The largest absolute Gasteiger partial charge is 0.452 e. The van der Waals surface area contributed by atoms with E-state index in [1.165, 1.54) is 38.7 Å². The third-order valence-corrected chi connectivity index (χ3v) is 7.46. The Hall–Kier alpha value is -1.94. The van der Waals surface area contributed by atoms with Crippen molar-refractivity contribution in [3.63, 3.8) is 0 Å². The van der Waals surface area contributed by atoms with Crippen molar-refractivity contribution in [3.05, 3.63) is 51.2 Å². The fourth-order valence-corrected chi connectivity index (χ4v) is 5.01. The molecule has 158 valence electrons. The number of carbonyl (C=O) groups is 2. The minimum atomic E-state index is -3.75. The summed E-state index contributed by atoms with van der Waals surface area (Å²) in [6.07, 6.45) is 0. The molecule has 1 aromatic heterocycles. The third kappa shape index (κ3) is 5.79. The highest BCUT2D eigenvalue weighted by molar-refractivity contribution is 7.89. The number of rotatable bonds is 9. The van der Waals surface area contributed by atoms with Gasteiger partial charge < -0.3 is 9.64 Å².